The second-order valence-corrected chi connectivity index (χ2v) is 7.27. The zero-order chi connectivity index (χ0) is 17.1. The second kappa shape index (κ2) is 7.80. The third-order valence-electron chi connectivity index (χ3n) is 5.60. The normalized spacial score (nSPS) is 29.9. The van der Waals surface area contributed by atoms with Crippen molar-refractivity contribution >= 4 is 11.8 Å². The van der Waals surface area contributed by atoms with Crippen molar-refractivity contribution in [3.63, 3.8) is 0 Å². The highest BCUT2D eigenvalue weighted by Gasteiger charge is 2.36. The van der Waals surface area contributed by atoms with Crippen LogP contribution >= 0.6 is 0 Å². The van der Waals surface area contributed by atoms with Crippen molar-refractivity contribution in [2.24, 2.45) is 5.92 Å². The Morgan fingerprint density at radius 1 is 0.958 bits per heavy atom. The largest absolute Gasteiger partial charge is 0.378 e. The number of carbonyl (C=O) groups excluding carboxylic acids is 2. The number of hydrogen-bond donors (Lipinski definition) is 0. The van der Waals surface area contributed by atoms with Gasteiger partial charge >= 0.3 is 0 Å². The molecular formula is C17H30N4O3. The number of carbonyl (C=O) groups is 2. The molecule has 0 radical (unpaired) electrons. The molecule has 3 saturated heterocycles. The van der Waals surface area contributed by atoms with Crippen molar-refractivity contribution in [1.29, 1.82) is 0 Å². The Bertz CT molecular complexity index is 459. The summed E-state index contributed by atoms with van der Waals surface area (Å²) in [6.07, 6.45) is 0. The lowest BCUT2D eigenvalue weighted by Crippen LogP contribution is -2.53. The predicted molar refractivity (Wildman–Crippen MR) is 90.6 cm³/mol. The molecule has 0 bridgehead atoms. The fourth-order valence-corrected chi connectivity index (χ4v) is 4.12. The first-order valence-electron chi connectivity index (χ1n) is 9.12. The molecule has 0 spiro atoms. The molecule has 3 fully saturated rings. The number of nitrogens with zero attached hydrogens (tertiary/aromatic N) is 4. The van der Waals surface area contributed by atoms with Gasteiger partial charge in [-0.1, -0.05) is 6.92 Å². The second-order valence-electron chi connectivity index (χ2n) is 7.27. The molecule has 136 valence electrons. The van der Waals surface area contributed by atoms with Crippen molar-refractivity contribution < 1.29 is 14.3 Å². The first kappa shape index (κ1) is 17.6. The Hall–Kier alpha value is -1.18. The van der Waals surface area contributed by atoms with Crippen LogP contribution in [-0.4, -0.2) is 110 Å². The highest BCUT2D eigenvalue weighted by Crippen LogP contribution is 2.23. The van der Waals surface area contributed by atoms with Crippen LogP contribution in [0.4, 0.5) is 0 Å². The van der Waals surface area contributed by atoms with Crippen LogP contribution in [0.3, 0.4) is 0 Å². The average Bonchev–Trinajstić information content (AvgIpc) is 2.96. The molecule has 0 aromatic rings. The first-order chi connectivity index (χ1) is 11.5. The Morgan fingerprint density at radius 2 is 1.62 bits per heavy atom. The quantitative estimate of drug-likeness (QED) is 0.683. The summed E-state index contributed by atoms with van der Waals surface area (Å²) in [5, 5.41) is 0. The van der Waals surface area contributed by atoms with Gasteiger partial charge < -0.3 is 14.5 Å². The summed E-state index contributed by atoms with van der Waals surface area (Å²) in [6.45, 7) is 12.7. The molecule has 24 heavy (non-hydrogen) atoms. The highest BCUT2D eigenvalue weighted by atomic mass is 16.5. The molecule has 2 atom stereocenters. The molecule has 3 heterocycles. The monoisotopic (exact) mass is 338 g/mol. The van der Waals surface area contributed by atoms with E-state index in [4.69, 9.17) is 4.74 Å². The maximum Gasteiger partial charge on any atom is 0.236 e. The Balaban J connectivity index is 1.48. The van der Waals surface area contributed by atoms with E-state index in [1.807, 2.05) is 9.80 Å². The molecule has 0 N–H and O–H groups in total. The lowest BCUT2D eigenvalue weighted by Gasteiger charge is -2.39. The summed E-state index contributed by atoms with van der Waals surface area (Å²) < 4.78 is 5.32. The summed E-state index contributed by atoms with van der Waals surface area (Å²) in [5.74, 6) is 0.964. The zero-order valence-electron chi connectivity index (χ0n) is 14.9. The van der Waals surface area contributed by atoms with Gasteiger partial charge in [-0.05, 0) is 5.92 Å². The van der Waals surface area contributed by atoms with Crippen LogP contribution in [0.15, 0.2) is 0 Å². The minimum atomic E-state index is 0.173. The van der Waals surface area contributed by atoms with E-state index in [0.717, 1.165) is 52.4 Å². The number of morpholine rings is 1. The van der Waals surface area contributed by atoms with E-state index in [1.165, 1.54) is 0 Å². The average molecular weight is 338 g/mol. The van der Waals surface area contributed by atoms with Gasteiger partial charge in [0.2, 0.25) is 11.8 Å². The van der Waals surface area contributed by atoms with Gasteiger partial charge in [-0.3, -0.25) is 19.4 Å². The van der Waals surface area contributed by atoms with Crippen molar-refractivity contribution in [2.75, 3.05) is 72.1 Å². The molecule has 0 aromatic heterocycles. The summed E-state index contributed by atoms with van der Waals surface area (Å²) >= 11 is 0. The van der Waals surface area contributed by atoms with Crippen LogP contribution in [0, 0.1) is 5.92 Å². The van der Waals surface area contributed by atoms with Crippen LogP contribution in [-0.2, 0) is 14.3 Å². The van der Waals surface area contributed by atoms with Gasteiger partial charge in [-0.15, -0.1) is 0 Å². The lowest BCUT2D eigenvalue weighted by atomic mass is 10.0. The number of hydrogen-bond acceptors (Lipinski definition) is 5. The van der Waals surface area contributed by atoms with Crippen LogP contribution in [0.1, 0.15) is 13.8 Å². The minimum absolute atomic E-state index is 0.173. The van der Waals surface area contributed by atoms with Crippen molar-refractivity contribution in [2.45, 2.75) is 19.9 Å². The fraction of sp³-hybridized carbons (Fsp3) is 0.882. The highest BCUT2D eigenvalue weighted by molar-refractivity contribution is 5.78. The number of piperazine rings is 1. The van der Waals surface area contributed by atoms with Crippen molar-refractivity contribution in [3.05, 3.63) is 0 Å². The fourth-order valence-electron chi connectivity index (χ4n) is 4.12. The van der Waals surface area contributed by atoms with Gasteiger partial charge in [0.25, 0.3) is 0 Å². The van der Waals surface area contributed by atoms with E-state index in [-0.39, 0.29) is 11.8 Å². The summed E-state index contributed by atoms with van der Waals surface area (Å²) in [5.41, 5.74) is 0. The summed E-state index contributed by atoms with van der Waals surface area (Å²) in [7, 11) is 0. The van der Waals surface area contributed by atoms with E-state index in [2.05, 4.69) is 16.7 Å². The zero-order valence-corrected chi connectivity index (χ0v) is 14.9. The molecular weight excluding hydrogens is 308 g/mol. The molecule has 3 aliphatic heterocycles. The topological polar surface area (TPSA) is 56.3 Å². The molecule has 0 unspecified atom stereocenters. The standard InChI is InChI=1S/C17H30N4O3/c1-14-11-18(13-17(23)21-7-9-24-10-8-21)12-16(14)20-5-3-19(4-6-20)15(2)22/h14,16H,3-13H2,1-2H3/t14-,16-/m0/s1. The molecule has 7 heteroatoms. The third-order valence-corrected chi connectivity index (χ3v) is 5.60. The Morgan fingerprint density at radius 3 is 2.25 bits per heavy atom. The van der Waals surface area contributed by atoms with Crippen molar-refractivity contribution in [1.82, 2.24) is 19.6 Å². The molecule has 3 aliphatic rings. The van der Waals surface area contributed by atoms with Gasteiger partial charge in [-0.2, -0.15) is 0 Å². The number of likely N-dealkylation sites (tertiary alicyclic amines) is 1. The molecule has 3 rings (SSSR count). The van der Waals surface area contributed by atoms with Gasteiger partial charge in [0.05, 0.1) is 19.8 Å². The van der Waals surface area contributed by atoms with Gasteiger partial charge in [0.15, 0.2) is 0 Å². The number of ether oxygens (including phenoxy) is 1. The SMILES string of the molecule is CC(=O)N1CCN([C@H]2CN(CC(=O)N3CCOCC3)C[C@@H]2C)CC1. The molecule has 0 aliphatic carbocycles. The summed E-state index contributed by atoms with van der Waals surface area (Å²) in [4.78, 5) is 32.5. The van der Waals surface area contributed by atoms with E-state index in [1.54, 1.807) is 6.92 Å². The Kier molecular flexibility index (Phi) is 5.73. The third kappa shape index (κ3) is 4.07. The minimum Gasteiger partial charge on any atom is -0.378 e. The van der Waals surface area contributed by atoms with Crippen molar-refractivity contribution in [3.8, 4) is 0 Å². The van der Waals surface area contributed by atoms with Crippen LogP contribution < -0.4 is 0 Å². The van der Waals surface area contributed by atoms with E-state index in [0.29, 0.717) is 31.7 Å². The van der Waals surface area contributed by atoms with E-state index < -0.39 is 0 Å². The molecule has 2 amide bonds. The molecule has 7 nitrogen and oxygen atoms in total. The van der Waals surface area contributed by atoms with Crippen LogP contribution in [0.2, 0.25) is 0 Å². The number of amides is 2. The van der Waals surface area contributed by atoms with Crippen LogP contribution in [0.25, 0.3) is 0 Å². The van der Waals surface area contributed by atoms with E-state index >= 15 is 0 Å². The maximum absolute atomic E-state index is 12.4. The van der Waals surface area contributed by atoms with Gasteiger partial charge in [0.1, 0.15) is 0 Å². The summed E-state index contributed by atoms with van der Waals surface area (Å²) in [6, 6.07) is 0.497. The first-order valence-corrected chi connectivity index (χ1v) is 9.12. The van der Waals surface area contributed by atoms with Crippen LogP contribution in [0.5, 0.6) is 0 Å². The van der Waals surface area contributed by atoms with Gasteiger partial charge in [0, 0.05) is 65.3 Å². The maximum atomic E-state index is 12.4. The Labute approximate surface area is 144 Å². The number of rotatable bonds is 3. The lowest BCUT2D eigenvalue weighted by molar-refractivity contribution is -0.136. The molecule has 0 aromatic carbocycles. The van der Waals surface area contributed by atoms with E-state index in [9.17, 15) is 9.59 Å². The predicted octanol–water partition coefficient (Wildman–Crippen LogP) is -0.670. The molecule has 0 saturated carbocycles. The smallest absolute Gasteiger partial charge is 0.236 e. The van der Waals surface area contributed by atoms with Gasteiger partial charge in [-0.25, -0.2) is 0 Å².